The summed E-state index contributed by atoms with van der Waals surface area (Å²) in [7, 11) is 1.35. The average molecular weight is 309 g/mol. The van der Waals surface area contributed by atoms with Gasteiger partial charge in [0.25, 0.3) is 0 Å². The van der Waals surface area contributed by atoms with Crippen LogP contribution in [-0.4, -0.2) is 37.9 Å². The molecule has 1 rings (SSSR count). The molecule has 0 aromatic heterocycles. The lowest BCUT2D eigenvalue weighted by Gasteiger charge is -2.19. The fourth-order valence-electron chi connectivity index (χ4n) is 1.62. The lowest BCUT2D eigenvalue weighted by atomic mass is 10.1. The average Bonchev–Trinajstić information content (AvgIpc) is 2.42. The van der Waals surface area contributed by atoms with Crippen molar-refractivity contribution >= 4 is 12.1 Å². The molecule has 0 unspecified atom stereocenters. The number of rotatable bonds is 6. The molecule has 122 valence electrons. The van der Waals surface area contributed by atoms with Gasteiger partial charge in [0.1, 0.15) is 18.0 Å². The second-order valence-corrected chi connectivity index (χ2v) is 5.68. The first-order chi connectivity index (χ1) is 10.3. The number of hydrogen-bond acceptors (Lipinski definition) is 5. The van der Waals surface area contributed by atoms with Crippen LogP contribution >= 0.6 is 0 Å². The van der Waals surface area contributed by atoms with Crippen LogP contribution in [-0.2, 0) is 20.7 Å². The van der Waals surface area contributed by atoms with Crippen LogP contribution in [0.2, 0.25) is 0 Å². The number of carbonyl (C=O) groups excluding carboxylic acids is 2. The van der Waals surface area contributed by atoms with Gasteiger partial charge in [0.2, 0.25) is 0 Å². The van der Waals surface area contributed by atoms with E-state index in [0.717, 1.165) is 5.56 Å². The summed E-state index contributed by atoms with van der Waals surface area (Å²) in [5.41, 5.74) is 0.289. The van der Waals surface area contributed by atoms with Crippen molar-refractivity contribution in [1.29, 1.82) is 0 Å². The third kappa shape index (κ3) is 7.52. The topological polar surface area (TPSA) is 73.9 Å². The molecule has 0 atom stereocenters. The maximum atomic E-state index is 11.4. The van der Waals surface area contributed by atoms with E-state index in [1.165, 1.54) is 7.11 Å². The second kappa shape index (κ2) is 8.26. The van der Waals surface area contributed by atoms with E-state index in [4.69, 9.17) is 9.47 Å². The van der Waals surface area contributed by atoms with Crippen molar-refractivity contribution in [3.05, 3.63) is 29.8 Å². The summed E-state index contributed by atoms with van der Waals surface area (Å²) in [5.74, 6) is 0.330. The highest BCUT2D eigenvalue weighted by Gasteiger charge is 2.15. The maximum Gasteiger partial charge on any atom is 0.407 e. The van der Waals surface area contributed by atoms with Gasteiger partial charge in [-0.25, -0.2) is 4.79 Å². The van der Waals surface area contributed by atoms with Crippen LogP contribution in [0.5, 0.6) is 5.75 Å². The third-order valence-corrected chi connectivity index (χ3v) is 2.51. The Morgan fingerprint density at radius 3 is 2.59 bits per heavy atom. The molecule has 0 fully saturated rings. The first-order valence-electron chi connectivity index (χ1n) is 7.05. The molecule has 0 radical (unpaired) electrons. The van der Waals surface area contributed by atoms with Gasteiger partial charge in [-0.1, -0.05) is 12.1 Å². The van der Waals surface area contributed by atoms with Crippen molar-refractivity contribution in [2.45, 2.75) is 32.8 Å². The highest BCUT2D eigenvalue weighted by atomic mass is 16.6. The Labute approximate surface area is 130 Å². The maximum absolute atomic E-state index is 11.4. The van der Waals surface area contributed by atoms with Gasteiger partial charge >= 0.3 is 12.1 Å². The molecule has 22 heavy (non-hydrogen) atoms. The first kappa shape index (κ1) is 17.8. The van der Waals surface area contributed by atoms with Gasteiger partial charge in [-0.05, 0) is 38.5 Å². The van der Waals surface area contributed by atoms with Crippen LogP contribution in [0, 0.1) is 0 Å². The van der Waals surface area contributed by atoms with Crippen molar-refractivity contribution in [1.82, 2.24) is 5.32 Å². The lowest BCUT2D eigenvalue weighted by molar-refractivity contribution is -0.139. The zero-order chi connectivity index (χ0) is 16.6. The van der Waals surface area contributed by atoms with E-state index in [-0.39, 0.29) is 12.4 Å². The van der Waals surface area contributed by atoms with Crippen molar-refractivity contribution in [3.63, 3.8) is 0 Å². The predicted molar refractivity (Wildman–Crippen MR) is 81.9 cm³/mol. The molecule has 0 heterocycles. The molecular formula is C16H23NO5. The quantitative estimate of drug-likeness (QED) is 0.645. The Bertz CT molecular complexity index is 508. The molecule has 0 bridgehead atoms. The Morgan fingerprint density at radius 2 is 1.95 bits per heavy atom. The molecule has 1 aromatic rings. The summed E-state index contributed by atoms with van der Waals surface area (Å²) in [6.45, 7) is 6.04. The van der Waals surface area contributed by atoms with Gasteiger partial charge in [-0.3, -0.25) is 4.79 Å². The second-order valence-electron chi connectivity index (χ2n) is 5.68. The highest BCUT2D eigenvalue weighted by molar-refractivity contribution is 5.72. The minimum atomic E-state index is -0.521. The fourth-order valence-corrected chi connectivity index (χ4v) is 1.62. The molecule has 0 saturated heterocycles. The van der Waals surface area contributed by atoms with Gasteiger partial charge in [0, 0.05) is 0 Å². The number of methoxy groups -OCH3 is 1. The molecule has 6 nitrogen and oxygen atoms in total. The minimum absolute atomic E-state index is 0.198. The summed E-state index contributed by atoms with van der Waals surface area (Å²) in [6, 6.07) is 7.18. The van der Waals surface area contributed by atoms with Crippen LogP contribution in [0.3, 0.4) is 0 Å². The molecule has 6 heteroatoms. The number of hydrogen-bond donors (Lipinski definition) is 1. The smallest absolute Gasteiger partial charge is 0.407 e. The largest absolute Gasteiger partial charge is 0.492 e. The molecule has 0 spiro atoms. The number of alkyl carbamates (subject to hydrolysis) is 1. The molecule has 0 aliphatic heterocycles. The van der Waals surface area contributed by atoms with Gasteiger partial charge in [0.15, 0.2) is 0 Å². The Kier molecular flexibility index (Phi) is 6.69. The van der Waals surface area contributed by atoms with Gasteiger partial charge < -0.3 is 19.5 Å². The predicted octanol–water partition coefficient (Wildman–Crippen LogP) is 2.31. The number of amides is 1. The molecule has 0 aliphatic rings. The number of carbonyl (C=O) groups is 2. The number of nitrogens with one attached hydrogen (secondary N) is 1. The van der Waals surface area contributed by atoms with E-state index in [9.17, 15) is 9.59 Å². The van der Waals surface area contributed by atoms with E-state index in [2.05, 4.69) is 10.1 Å². The molecule has 1 N–H and O–H groups in total. The van der Waals surface area contributed by atoms with Gasteiger partial charge in [-0.2, -0.15) is 0 Å². The standard InChI is InChI=1S/C16H23NO5/c1-16(2,3)22-15(19)17-8-9-21-13-7-5-6-12(10-13)11-14(18)20-4/h5-7,10H,8-9,11H2,1-4H3,(H,17,19). The van der Waals surface area contributed by atoms with Crippen LogP contribution in [0.1, 0.15) is 26.3 Å². The first-order valence-corrected chi connectivity index (χ1v) is 7.05. The zero-order valence-electron chi connectivity index (χ0n) is 13.5. The number of esters is 1. The van der Waals surface area contributed by atoms with Crippen molar-refractivity contribution in [3.8, 4) is 5.75 Å². The van der Waals surface area contributed by atoms with Gasteiger partial charge in [0.05, 0.1) is 20.1 Å². The van der Waals surface area contributed by atoms with Crippen LogP contribution in [0.25, 0.3) is 0 Å². The normalized spacial score (nSPS) is 10.7. The molecule has 0 aliphatic carbocycles. The summed E-state index contributed by atoms with van der Waals surface area (Å²) in [6.07, 6.45) is -0.278. The number of benzene rings is 1. The lowest BCUT2D eigenvalue weighted by Crippen LogP contribution is -2.34. The Balaban J connectivity index is 2.35. The van der Waals surface area contributed by atoms with Crippen LogP contribution in [0.4, 0.5) is 4.79 Å². The zero-order valence-corrected chi connectivity index (χ0v) is 13.5. The van der Waals surface area contributed by atoms with E-state index < -0.39 is 11.7 Å². The monoisotopic (exact) mass is 309 g/mol. The van der Waals surface area contributed by atoms with Crippen LogP contribution < -0.4 is 10.1 Å². The molecule has 1 amide bonds. The molecule has 1 aromatic carbocycles. The SMILES string of the molecule is COC(=O)Cc1cccc(OCCNC(=O)OC(C)(C)C)c1. The molecule has 0 saturated carbocycles. The van der Waals surface area contributed by atoms with E-state index in [1.807, 2.05) is 6.07 Å². The van der Waals surface area contributed by atoms with Crippen LogP contribution in [0.15, 0.2) is 24.3 Å². The Morgan fingerprint density at radius 1 is 1.23 bits per heavy atom. The van der Waals surface area contributed by atoms with Gasteiger partial charge in [-0.15, -0.1) is 0 Å². The minimum Gasteiger partial charge on any atom is -0.492 e. The number of ether oxygens (including phenoxy) is 3. The molecular weight excluding hydrogens is 286 g/mol. The van der Waals surface area contributed by atoms with Crippen molar-refractivity contribution in [2.75, 3.05) is 20.3 Å². The van der Waals surface area contributed by atoms with Crippen molar-refractivity contribution in [2.24, 2.45) is 0 Å². The summed E-state index contributed by atoms with van der Waals surface area (Å²) < 4.78 is 15.2. The third-order valence-electron chi connectivity index (χ3n) is 2.51. The summed E-state index contributed by atoms with van der Waals surface area (Å²) >= 11 is 0. The fraction of sp³-hybridized carbons (Fsp3) is 0.500. The van der Waals surface area contributed by atoms with Crippen molar-refractivity contribution < 1.29 is 23.8 Å². The van der Waals surface area contributed by atoms with E-state index in [0.29, 0.717) is 18.9 Å². The highest BCUT2D eigenvalue weighted by Crippen LogP contribution is 2.14. The summed E-state index contributed by atoms with van der Waals surface area (Å²) in [5, 5.41) is 2.61. The van der Waals surface area contributed by atoms with E-state index in [1.54, 1.807) is 39.0 Å². The van der Waals surface area contributed by atoms with E-state index >= 15 is 0 Å². The Hall–Kier alpha value is -2.24. The summed E-state index contributed by atoms with van der Waals surface area (Å²) in [4.78, 5) is 22.7.